The van der Waals surface area contributed by atoms with Gasteiger partial charge < -0.3 is 4.57 Å². The first-order valence-electron chi connectivity index (χ1n) is 16.7. The molecule has 7 aromatic carbocycles. The molecule has 2 unspecified atom stereocenters. The van der Waals surface area contributed by atoms with Gasteiger partial charge in [-0.2, -0.15) is 0 Å². The lowest BCUT2D eigenvalue weighted by atomic mass is 9.40. The summed E-state index contributed by atoms with van der Waals surface area (Å²) in [7, 11) is 0. The number of thiophene rings is 1. The Morgan fingerprint density at radius 1 is 0.404 bits per heavy atom. The Hall–Kier alpha value is -5.44. The van der Waals surface area contributed by atoms with Gasteiger partial charge in [0.25, 0.3) is 0 Å². The number of hydrogen-bond acceptors (Lipinski definition) is 1. The van der Waals surface area contributed by atoms with Crippen molar-refractivity contribution < 1.29 is 0 Å². The number of nitrogens with zero attached hydrogens (tertiary/aromatic N) is 1. The van der Waals surface area contributed by atoms with E-state index in [-0.39, 0.29) is 0 Å². The van der Waals surface area contributed by atoms with Crippen LogP contribution in [0, 0.1) is 0 Å². The van der Waals surface area contributed by atoms with Gasteiger partial charge in [0.2, 0.25) is 0 Å². The average Bonchev–Trinajstić information content (AvgIpc) is 3.81. The van der Waals surface area contributed by atoms with Gasteiger partial charge in [-0.25, -0.2) is 0 Å². The summed E-state index contributed by atoms with van der Waals surface area (Å²) in [4.78, 5) is 0. The van der Waals surface area contributed by atoms with E-state index in [0.29, 0.717) is 0 Å². The number of hydrogen-bond donors (Lipinski definition) is 0. The van der Waals surface area contributed by atoms with Crippen LogP contribution in [0.15, 0.2) is 140 Å². The zero-order chi connectivity index (χ0) is 30.2. The van der Waals surface area contributed by atoms with E-state index in [1.807, 2.05) is 11.3 Å². The maximum atomic E-state index is 2.52. The molecule has 1 nitrogen and oxygen atoms in total. The molecule has 0 fully saturated rings. The highest BCUT2D eigenvalue weighted by molar-refractivity contribution is 7.25. The fourth-order valence-electron chi connectivity index (χ4n) is 11.1. The molecule has 13 rings (SSSR count). The molecule has 0 saturated carbocycles. The minimum Gasteiger partial charge on any atom is -0.309 e. The summed E-state index contributed by atoms with van der Waals surface area (Å²) in [6.45, 7) is 0. The number of aromatic nitrogens is 1. The molecule has 9 aromatic rings. The third-order valence-corrected chi connectivity index (χ3v) is 13.4. The Morgan fingerprint density at radius 3 is 1.38 bits per heavy atom. The minimum atomic E-state index is -0.458. The van der Waals surface area contributed by atoms with E-state index >= 15 is 0 Å². The van der Waals surface area contributed by atoms with Crippen LogP contribution in [0.4, 0.5) is 0 Å². The van der Waals surface area contributed by atoms with E-state index in [1.165, 1.54) is 103 Å². The Bertz CT molecular complexity index is 2760. The van der Waals surface area contributed by atoms with Crippen LogP contribution in [0.2, 0.25) is 0 Å². The SMILES string of the molecule is c1ccc(-n2c3cccc4c3c3c(cccc32)C23c5cccc6c5-c5c(cccc5C42c2cccc4sc5cccc3c5c24)C6)cc1. The van der Waals surface area contributed by atoms with Gasteiger partial charge in [-0.3, -0.25) is 0 Å². The van der Waals surface area contributed by atoms with Crippen molar-refractivity contribution in [3.63, 3.8) is 0 Å². The van der Waals surface area contributed by atoms with Gasteiger partial charge in [-0.05, 0) is 98.5 Å². The Labute approximate surface area is 275 Å². The highest BCUT2D eigenvalue weighted by Gasteiger charge is 2.67. The monoisotopic (exact) mass is 611 g/mol. The molecule has 4 aliphatic carbocycles. The lowest BCUT2D eigenvalue weighted by molar-refractivity contribution is 0.419. The molecule has 0 spiro atoms. The van der Waals surface area contributed by atoms with Gasteiger partial charge in [0.1, 0.15) is 0 Å². The quantitative estimate of drug-likeness (QED) is 0.174. The van der Waals surface area contributed by atoms with Crippen molar-refractivity contribution in [2.45, 2.75) is 17.3 Å². The summed E-state index contributed by atoms with van der Waals surface area (Å²) in [6.07, 6.45) is 0.996. The molecule has 2 heteroatoms. The van der Waals surface area contributed by atoms with Crippen LogP contribution in [-0.4, -0.2) is 4.57 Å². The fraction of sp³-hybridized carbons (Fsp3) is 0.0667. The maximum absolute atomic E-state index is 2.52. The molecule has 2 atom stereocenters. The summed E-state index contributed by atoms with van der Waals surface area (Å²) in [5, 5.41) is 5.69. The summed E-state index contributed by atoms with van der Waals surface area (Å²) >= 11 is 1.96. The Balaban J connectivity index is 1.41. The topological polar surface area (TPSA) is 4.93 Å². The first-order chi connectivity index (χ1) is 23.3. The normalized spacial score (nSPS) is 20.4. The molecule has 47 heavy (non-hydrogen) atoms. The molecule has 0 N–H and O–H groups in total. The Morgan fingerprint density at radius 2 is 0.851 bits per heavy atom. The van der Waals surface area contributed by atoms with Crippen molar-refractivity contribution in [1.82, 2.24) is 4.57 Å². The second-order valence-corrected chi connectivity index (χ2v) is 15.0. The smallest absolute Gasteiger partial charge is 0.0649 e. The van der Waals surface area contributed by atoms with Crippen LogP contribution in [-0.2, 0) is 17.3 Å². The number of para-hydroxylation sites is 1. The van der Waals surface area contributed by atoms with Crippen LogP contribution < -0.4 is 0 Å². The highest BCUT2D eigenvalue weighted by Crippen LogP contribution is 2.74. The fourth-order valence-corrected chi connectivity index (χ4v) is 12.2. The molecule has 0 amide bonds. The molecule has 0 radical (unpaired) electrons. The summed E-state index contributed by atoms with van der Waals surface area (Å²) in [5.41, 5.74) is 17.5. The van der Waals surface area contributed by atoms with E-state index < -0.39 is 10.8 Å². The molecular weight excluding hydrogens is 587 g/mol. The van der Waals surface area contributed by atoms with E-state index in [9.17, 15) is 0 Å². The second kappa shape index (κ2) is 7.57. The van der Waals surface area contributed by atoms with Crippen LogP contribution >= 0.6 is 11.3 Å². The largest absolute Gasteiger partial charge is 0.309 e. The Kier molecular flexibility index (Phi) is 3.84. The van der Waals surface area contributed by atoms with Gasteiger partial charge in [0.15, 0.2) is 0 Å². The molecule has 2 aromatic heterocycles. The zero-order valence-electron chi connectivity index (χ0n) is 25.3. The van der Waals surface area contributed by atoms with Gasteiger partial charge in [0.05, 0.1) is 21.9 Å². The van der Waals surface area contributed by atoms with Crippen molar-refractivity contribution in [1.29, 1.82) is 0 Å². The van der Waals surface area contributed by atoms with Crippen LogP contribution in [0.1, 0.15) is 44.5 Å². The molecule has 216 valence electrons. The lowest BCUT2D eigenvalue weighted by Gasteiger charge is -2.60. The molecule has 2 heterocycles. The molecular formula is C45H25NS. The van der Waals surface area contributed by atoms with Crippen LogP contribution in [0.3, 0.4) is 0 Å². The molecule has 0 bridgehead atoms. The standard InChI is InChI=1S/C45H25NS/c1-2-12-27(13-3-1)46-34-20-6-16-30-40(34)41-31(17-7-21-35(41)46)45-29-15-5-11-26-24-25-10-4-14-28(38(25)39(26)29)44(30,45)32-18-8-22-36-42(32)43-33(45)19-9-23-37(43)47-36/h1-23H,24H2. The third-order valence-electron chi connectivity index (χ3n) is 12.3. The average molecular weight is 612 g/mol. The van der Waals surface area contributed by atoms with Crippen LogP contribution in [0.5, 0.6) is 0 Å². The van der Waals surface area contributed by atoms with Crippen molar-refractivity contribution in [2.24, 2.45) is 0 Å². The van der Waals surface area contributed by atoms with Crippen molar-refractivity contribution >= 4 is 53.3 Å². The minimum absolute atomic E-state index is 0.458. The summed E-state index contributed by atoms with van der Waals surface area (Å²) in [6, 6.07) is 54.1. The maximum Gasteiger partial charge on any atom is 0.0649 e. The van der Waals surface area contributed by atoms with E-state index in [4.69, 9.17) is 0 Å². The highest BCUT2D eigenvalue weighted by atomic mass is 32.1. The first-order valence-corrected chi connectivity index (χ1v) is 17.5. The third kappa shape index (κ3) is 2.25. The van der Waals surface area contributed by atoms with E-state index in [0.717, 1.165) is 6.42 Å². The van der Waals surface area contributed by atoms with Gasteiger partial charge in [-0.1, -0.05) is 103 Å². The van der Waals surface area contributed by atoms with Gasteiger partial charge in [-0.15, -0.1) is 11.3 Å². The van der Waals surface area contributed by atoms with Gasteiger partial charge in [0, 0.05) is 36.6 Å². The molecule has 0 aliphatic heterocycles. The van der Waals surface area contributed by atoms with Crippen molar-refractivity contribution in [3.05, 3.63) is 184 Å². The lowest BCUT2D eigenvalue weighted by Crippen LogP contribution is -2.57. The van der Waals surface area contributed by atoms with Gasteiger partial charge >= 0.3 is 0 Å². The number of benzene rings is 7. The predicted octanol–water partition coefficient (Wildman–Crippen LogP) is 11.0. The number of rotatable bonds is 1. The second-order valence-electron chi connectivity index (χ2n) is 13.9. The zero-order valence-corrected chi connectivity index (χ0v) is 26.2. The van der Waals surface area contributed by atoms with E-state index in [1.54, 1.807) is 0 Å². The summed E-state index contributed by atoms with van der Waals surface area (Å²) < 4.78 is 5.29. The molecule has 0 saturated heterocycles. The summed E-state index contributed by atoms with van der Waals surface area (Å²) in [5.74, 6) is 0. The van der Waals surface area contributed by atoms with Crippen molar-refractivity contribution in [2.75, 3.05) is 0 Å². The van der Waals surface area contributed by atoms with Crippen LogP contribution in [0.25, 0.3) is 58.8 Å². The molecule has 4 aliphatic rings. The van der Waals surface area contributed by atoms with Crippen molar-refractivity contribution in [3.8, 4) is 16.8 Å². The van der Waals surface area contributed by atoms with E-state index in [2.05, 4.69) is 144 Å². The first kappa shape index (κ1) is 23.8. The predicted molar refractivity (Wildman–Crippen MR) is 195 cm³/mol.